The van der Waals surface area contributed by atoms with Crippen LogP contribution < -0.4 is 5.32 Å². The highest BCUT2D eigenvalue weighted by Crippen LogP contribution is 2.29. The summed E-state index contributed by atoms with van der Waals surface area (Å²) in [5.41, 5.74) is 4.17. The van der Waals surface area contributed by atoms with Crippen molar-refractivity contribution in [1.29, 1.82) is 0 Å². The van der Waals surface area contributed by atoms with Crippen molar-refractivity contribution in [1.82, 2.24) is 5.32 Å². The average molecular weight is 548 g/mol. The lowest BCUT2D eigenvalue weighted by atomic mass is 9.93. The molecule has 202 valence electrons. The molecule has 2 N–H and O–H groups in total. The van der Waals surface area contributed by atoms with Crippen molar-refractivity contribution in [3.63, 3.8) is 0 Å². The van der Waals surface area contributed by atoms with Crippen molar-refractivity contribution in [3.8, 4) is 22.5 Å². The molecule has 1 atom stereocenters. The van der Waals surface area contributed by atoms with E-state index in [1.165, 1.54) is 17.8 Å². The molecule has 4 rings (SSSR count). The molecule has 0 aliphatic heterocycles. The second kappa shape index (κ2) is 13.3. The first-order valence-electron chi connectivity index (χ1n) is 12.5. The Hall–Kier alpha value is -3.88. The first-order valence-corrected chi connectivity index (χ1v) is 13.9. The number of ether oxygens (including phenoxy) is 1. The average Bonchev–Trinajstić information content (AvgIpc) is 3.40. The Bertz CT molecular complexity index is 1450. The minimum absolute atomic E-state index is 0.187. The summed E-state index contributed by atoms with van der Waals surface area (Å²) in [5, 5.41) is 12.3. The van der Waals surface area contributed by atoms with Gasteiger partial charge in [0.2, 0.25) is 0 Å². The van der Waals surface area contributed by atoms with E-state index < -0.39 is 17.9 Å². The summed E-state index contributed by atoms with van der Waals surface area (Å²) >= 11 is 1.53. The van der Waals surface area contributed by atoms with Crippen LogP contribution in [0.5, 0.6) is 0 Å². The Morgan fingerprint density at radius 3 is 2.44 bits per heavy atom. The minimum atomic E-state index is -1.06. The number of carbonyl (C=O) groups excluding carboxylic acids is 1. The molecule has 0 fully saturated rings. The van der Waals surface area contributed by atoms with E-state index >= 15 is 0 Å². The van der Waals surface area contributed by atoms with Crippen LogP contribution in [0.1, 0.15) is 33.7 Å². The van der Waals surface area contributed by atoms with Gasteiger partial charge in [-0.1, -0.05) is 42.5 Å². The predicted octanol–water partition coefficient (Wildman–Crippen LogP) is 6.71. The molecule has 8 heteroatoms. The number of aliphatic carboxylic acids is 1. The third-order valence-electron chi connectivity index (χ3n) is 6.29. The highest BCUT2D eigenvalue weighted by atomic mass is 32.2. The maximum atomic E-state index is 14.1. The number of benzene rings is 3. The quantitative estimate of drug-likeness (QED) is 0.205. The van der Waals surface area contributed by atoms with Crippen LogP contribution in [0.25, 0.3) is 22.5 Å². The summed E-state index contributed by atoms with van der Waals surface area (Å²) in [6.45, 7) is 2.40. The number of furan rings is 1. The molecule has 1 amide bonds. The summed E-state index contributed by atoms with van der Waals surface area (Å²) in [7, 11) is 0. The van der Waals surface area contributed by atoms with E-state index in [0.717, 1.165) is 16.7 Å². The van der Waals surface area contributed by atoms with E-state index in [2.05, 4.69) is 5.32 Å². The SMILES string of the molecule is CSCC[C@H](NC(=O)c1ccc(COCc2ccc(-c3ccccc3F)o2)cc1-c1ccccc1C)C(=O)O. The maximum absolute atomic E-state index is 14.1. The van der Waals surface area contributed by atoms with Crippen molar-refractivity contribution in [2.45, 2.75) is 32.6 Å². The molecule has 0 saturated heterocycles. The smallest absolute Gasteiger partial charge is 0.326 e. The lowest BCUT2D eigenvalue weighted by Gasteiger charge is -2.17. The number of nitrogens with one attached hydrogen (secondary N) is 1. The summed E-state index contributed by atoms with van der Waals surface area (Å²) in [6, 6.07) is 22.0. The predicted molar refractivity (Wildman–Crippen MR) is 151 cm³/mol. The molecule has 39 heavy (non-hydrogen) atoms. The first-order chi connectivity index (χ1) is 18.9. The molecule has 0 aliphatic rings. The lowest BCUT2D eigenvalue weighted by molar-refractivity contribution is -0.139. The maximum Gasteiger partial charge on any atom is 0.326 e. The van der Waals surface area contributed by atoms with Crippen LogP contribution in [0, 0.1) is 12.7 Å². The van der Waals surface area contributed by atoms with E-state index in [4.69, 9.17) is 9.15 Å². The van der Waals surface area contributed by atoms with E-state index in [1.54, 1.807) is 42.5 Å². The van der Waals surface area contributed by atoms with E-state index in [-0.39, 0.29) is 19.0 Å². The number of amides is 1. The number of aryl methyl sites for hydroxylation is 1. The van der Waals surface area contributed by atoms with Gasteiger partial charge < -0.3 is 19.6 Å². The van der Waals surface area contributed by atoms with Crippen LogP contribution in [0.15, 0.2) is 83.3 Å². The number of carbonyl (C=O) groups is 2. The third kappa shape index (κ3) is 7.16. The van der Waals surface area contributed by atoms with Crippen LogP contribution in [-0.4, -0.2) is 35.0 Å². The van der Waals surface area contributed by atoms with E-state index in [9.17, 15) is 19.1 Å². The topological polar surface area (TPSA) is 88.8 Å². The van der Waals surface area contributed by atoms with Crippen LogP contribution >= 0.6 is 11.8 Å². The van der Waals surface area contributed by atoms with Gasteiger partial charge >= 0.3 is 5.97 Å². The highest BCUT2D eigenvalue weighted by molar-refractivity contribution is 7.98. The minimum Gasteiger partial charge on any atom is -0.480 e. The fourth-order valence-corrected chi connectivity index (χ4v) is 4.71. The Morgan fingerprint density at radius 1 is 0.974 bits per heavy atom. The Labute approximate surface area is 231 Å². The van der Waals surface area contributed by atoms with Crippen LogP contribution in [0.4, 0.5) is 4.39 Å². The molecule has 0 saturated carbocycles. The number of hydrogen-bond donors (Lipinski definition) is 2. The van der Waals surface area contributed by atoms with Gasteiger partial charge in [0, 0.05) is 5.56 Å². The van der Waals surface area contributed by atoms with Crippen molar-refractivity contribution in [2.24, 2.45) is 0 Å². The van der Waals surface area contributed by atoms with Gasteiger partial charge in [-0.25, -0.2) is 9.18 Å². The zero-order chi connectivity index (χ0) is 27.8. The molecule has 3 aromatic carbocycles. The van der Waals surface area contributed by atoms with Crippen molar-refractivity contribution >= 4 is 23.6 Å². The number of thioether (sulfide) groups is 1. The molecule has 0 spiro atoms. The van der Waals surface area contributed by atoms with Gasteiger partial charge in [-0.05, 0) is 84.0 Å². The number of halogens is 1. The largest absolute Gasteiger partial charge is 0.480 e. The lowest BCUT2D eigenvalue weighted by Crippen LogP contribution is -2.41. The van der Waals surface area contributed by atoms with Gasteiger partial charge in [0.1, 0.15) is 30.0 Å². The molecular weight excluding hydrogens is 517 g/mol. The molecule has 6 nitrogen and oxygen atoms in total. The monoisotopic (exact) mass is 547 g/mol. The molecule has 4 aromatic rings. The standard InChI is InChI=1S/C31H30FNO5S/c1-20-7-3-4-8-23(20)26-17-21(11-13-24(26)30(34)33-28(31(35)36)15-16-39-2)18-37-19-22-12-14-29(38-22)25-9-5-6-10-27(25)32/h3-14,17,28H,15-16,18-19H2,1-2H3,(H,33,34)(H,35,36)/t28-/m0/s1. The second-order valence-electron chi connectivity index (χ2n) is 9.08. The zero-order valence-corrected chi connectivity index (χ0v) is 22.6. The summed E-state index contributed by atoms with van der Waals surface area (Å²) in [4.78, 5) is 24.9. The van der Waals surface area contributed by atoms with Crippen LogP contribution in [0.3, 0.4) is 0 Å². The third-order valence-corrected chi connectivity index (χ3v) is 6.94. The van der Waals surface area contributed by atoms with Gasteiger partial charge in [0.05, 0.1) is 12.2 Å². The summed E-state index contributed by atoms with van der Waals surface area (Å²) in [5.74, 6) is -0.239. The van der Waals surface area contributed by atoms with Crippen molar-refractivity contribution < 1.29 is 28.2 Å². The molecule has 0 aliphatic carbocycles. The first kappa shape index (κ1) is 28.1. The van der Waals surface area contributed by atoms with Crippen molar-refractivity contribution in [3.05, 3.63) is 107 Å². The summed E-state index contributed by atoms with van der Waals surface area (Å²) in [6.07, 6.45) is 2.23. The van der Waals surface area contributed by atoms with Gasteiger partial charge in [-0.15, -0.1) is 0 Å². The van der Waals surface area contributed by atoms with Gasteiger partial charge in [0.15, 0.2) is 0 Å². The Balaban J connectivity index is 1.51. The fraction of sp³-hybridized carbons (Fsp3) is 0.226. The Morgan fingerprint density at radius 2 is 1.72 bits per heavy atom. The molecule has 1 aromatic heterocycles. The Kier molecular flexibility index (Phi) is 9.57. The second-order valence-corrected chi connectivity index (χ2v) is 10.1. The van der Waals surface area contributed by atoms with Gasteiger partial charge in [0.25, 0.3) is 5.91 Å². The fourth-order valence-electron chi connectivity index (χ4n) is 4.24. The molecular formula is C31H30FNO5S. The normalized spacial score (nSPS) is 11.8. The molecule has 0 radical (unpaired) electrons. The molecule has 1 heterocycles. The van der Waals surface area contributed by atoms with Crippen LogP contribution in [-0.2, 0) is 22.7 Å². The number of hydrogen-bond acceptors (Lipinski definition) is 5. The van der Waals surface area contributed by atoms with E-state index in [1.807, 2.05) is 43.5 Å². The van der Waals surface area contributed by atoms with E-state index in [0.29, 0.717) is 40.4 Å². The number of carboxylic acids is 1. The molecule has 0 unspecified atom stereocenters. The zero-order valence-electron chi connectivity index (χ0n) is 21.8. The van der Waals surface area contributed by atoms with Gasteiger partial charge in [-0.3, -0.25) is 4.79 Å². The summed E-state index contributed by atoms with van der Waals surface area (Å²) < 4.78 is 25.7. The number of carboxylic acid groups (broad SMARTS) is 1. The molecule has 0 bridgehead atoms. The highest BCUT2D eigenvalue weighted by Gasteiger charge is 2.23. The van der Waals surface area contributed by atoms with Crippen molar-refractivity contribution in [2.75, 3.05) is 12.0 Å². The van der Waals surface area contributed by atoms with Crippen LogP contribution in [0.2, 0.25) is 0 Å². The number of rotatable bonds is 12. The van der Waals surface area contributed by atoms with Gasteiger partial charge in [-0.2, -0.15) is 11.8 Å².